The normalized spacial score (nSPS) is 11.0. The van der Waals surface area contributed by atoms with Crippen LogP contribution in [0.15, 0.2) is 74.9 Å². The van der Waals surface area contributed by atoms with Crippen LogP contribution in [0.2, 0.25) is 0 Å². The summed E-state index contributed by atoms with van der Waals surface area (Å²) < 4.78 is 8.51. The van der Waals surface area contributed by atoms with Gasteiger partial charge < -0.3 is 8.98 Å². The lowest BCUT2D eigenvalue weighted by atomic mass is 10.1. The van der Waals surface area contributed by atoms with Crippen LogP contribution in [-0.2, 0) is 6.54 Å². The Morgan fingerprint density at radius 3 is 2.41 bits per heavy atom. The van der Waals surface area contributed by atoms with Crippen molar-refractivity contribution < 1.29 is 4.42 Å². The molecule has 0 atom stereocenters. The molecule has 0 aliphatic carbocycles. The predicted molar refractivity (Wildman–Crippen MR) is 112 cm³/mol. The topological polar surface area (TPSA) is 70.0 Å². The van der Waals surface area contributed by atoms with Gasteiger partial charge in [0.25, 0.3) is 0 Å². The van der Waals surface area contributed by atoms with Crippen LogP contribution in [0.4, 0.5) is 0 Å². The van der Waals surface area contributed by atoms with Crippen LogP contribution < -0.4 is 11.1 Å². The van der Waals surface area contributed by atoms with E-state index in [2.05, 4.69) is 4.98 Å². The number of nitrogens with zero attached hydrogens (tertiary/aromatic N) is 3. The molecule has 0 N–H and O–H groups in total. The maximum Gasteiger partial charge on any atom is 0.320 e. The minimum atomic E-state index is -0.600. The van der Waals surface area contributed by atoms with E-state index in [0.29, 0.717) is 23.0 Å². The van der Waals surface area contributed by atoms with Gasteiger partial charge in [0.1, 0.15) is 11.5 Å². The zero-order valence-electron chi connectivity index (χ0n) is 16.5. The highest BCUT2D eigenvalue weighted by Gasteiger charge is 2.14. The van der Waals surface area contributed by atoms with E-state index < -0.39 is 11.1 Å². The lowest BCUT2D eigenvalue weighted by Crippen LogP contribution is -2.40. The molecule has 0 amide bonds. The Morgan fingerprint density at radius 1 is 0.897 bits per heavy atom. The van der Waals surface area contributed by atoms with Crippen molar-refractivity contribution in [1.82, 2.24) is 14.1 Å². The number of aryl methyl sites for hydroxylation is 2. The first-order valence-corrected chi connectivity index (χ1v) is 9.36. The van der Waals surface area contributed by atoms with Gasteiger partial charge in [-0.1, -0.05) is 30.3 Å². The molecule has 2 aromatic heterocycles. The fraction of sp³-hybridized carbons (Fsp3) is 0.174. The molecule has 4 aromatic rings. The summed E-state index contributed by atoms with van der Waals surface area (Å²) in [5, 5.41) is 0. The summed E-state index contributed by atoms with van der Waals surface area (Å²) in [7, 11) is 0. The zero-order valence-corrected chi connectivity index (χ0v) is 16.5. The Kier molecular flexibility index (Phi) is 4.76. The fourth-order valence-electron chi connectivity index (χ4n) is 3.26. The Morgan fingerprint density at radius 2 is 1.66 bits per heavy atom. The molecule has 0 radical (unpaired) electrons. The highest BCUT2D eigenvalue weighted by atomic mass is 16.4. The van der Waals surface area contributed by atoms with Gasteiger partial charge >= 0.3 is 11.1 Å². The molecule has 2 heterocycles. The van der Waals surface area contributed by atoms with Gasteiger partial charge in [0.15, 0.2) is 0 Å². The second kappa shape index (κ2) is 7.39. The summed E-state index contributed by atoms with van der Waals surface area (Å²) in [6.07, 6.45) is 3.24. The number of hydrogen-bond acceptors (Lipinski definition) is 4. The third-order valence-corrected chi connectivity index (χ3v) is 5.13. The van der Waals surface area contributed by atoms with Crippen molar-refractivity contribution in [3.8, 4) is 17.1 Å². The van der Waals surface area contributed by atoms with Crippen LogP contribution in [0.3, 0.4) is 0 Å². The molecule has 0 saturated carbocycles. The van der Waals surface area contributed by atoms with E-state index in [9.17, 15) is 9.59 Å². The quantitative estimate of drug-likeness (QED) is 0.502. The van der Waals surface area contributed by atoms with Crippen molar-refractivity contribution in [1.29, 1.82) is 0 Å². The minimum absolute atomic E-state index is 0.171. The lowest BCUT2D eigenvalue weighted by molar-refractivity contribution is 0.537. The van der Waals surface area contributed by atoms with E-state index in [4.69, 9.17) is 4.42 Å². The second-order valence-corrected chi connectivity index (χ2v) is 7.01. The van der Waals surface area contributed by atoms with Crippen molar-refractivity contribution in [2.24, 2.45) is 0 Å². The van der Waals surface area contributed by atoms with Crippen LogP contribution in [0.5, 0.6) is 0 Å². The van der Waals surface area contributed by atoms with E-state index in [0.717, 1.165) is 16.7 Å². The SMILES string of the molecule is Cc1cccc(-n2ccn(Cc3nc(-c4ccccc4)oc3C)c(=O)c2=O)c1C. The average Bonchev–Trinajstić information content (AvgIpc) is 3.09. The summed E-state index contributed by atoms with van der Waals surface area (Å²) in [6.45, 7) is 5.89. The Hall–Kier alpha value is -3.67. The first-order chi connectivity index (χ1) is 14.0. The maximum atomic E-state index is 12.7. The maximum absolute atomic E-state index is 12.7. The van der Waals surface area contributed by atoms with Crippen molar-refractivity contribution >= 4 is 0 Å². The van der Waals surface area contributed by atoms with E-state index in [1.54, 1.807) is 19.3 Å². The molecule has 4 rings (SSSR count). The molecule has 0 aliphatic rings. The number of aromatic nitrogens is 3. The summed E-state index contributed by atoms with van der Waals surface area (Å²) in [5.74, 6) is 1.12. The molecule has 0 saturated heterocycles. The molecular formula is C23H21N3O3. The first-order valence-electron chi connectivity index (χ1n) is 9.36. The molecule has 29 heavy (non-hydrogen) atoms. The zero-order chi connectivity index (χ0) is 20.5. The number of hydrogen-bond donors (Lipinski definition) is 0. The van der Waals surface area contributed by atoms with Crippen LogP contribution in [0.1, 0.15) is 22.6 Å². The Bertz CT molecular complexity index is 1300. The van der Waals surface area contributed by atoms with Crippen molar-refractivity contribution in [3.05, 3.63) is 104 Å². The highest BCUT2D eigenvalue weighted by molar-refractivity contribution is 5.53. The van der Waals surface area contributed by atoms with Gasteiger partial charge in [-0.3, -0.25) is 14.2 Å². The summed E-state index contributed by atoms with van der Waals surface area (Å²) in [4.78, 5) is 30.0. The second-order valence-electron chi connectivity index (χ2n) is 7.01. The van der Waals surface area contributed by atoms with Gasteiger partial charge in [-0.25, -0.2) is 4.98 Å². The standard InChI is InChI=1S/C23H21N3O3/c1-15-8-7-11-20(16(15)2)26-13-12-25(22(27)23(26)28)14-19-17(3)29-21(24-19)18-9-5-4-6-10-18/h4-13H,14H2,1-3H3. The molecule has 146 valence electrons. The third-order valence-electron chi connectivity index (χ3n) is 5.13. The lowest BCUT2D eigenvalue weighted by Gasteiger charge is -2.12. The van der Waals surface area contributed by atoms with Gasteiger partial charge in [-0.15, -0.1) is 0 Å². The third kappa shape index (κ3) is 3.45. The van der Waals surface area contributed by atoms with Crippen LogP contribution in [0.25, 0.3) is 17.1 Å². The highest BCUT2D eigenvalue weighted by Crippen LogP contribution is 2.21. The van der Waals surface area contributed by atoms with Gasteiger partial charge in [0, 0.05) is 18.0 Å². The van der Waals surface area contributed by atoms with E-state index in [1.807, 2.05) is 62.4 Å². The molecule has 0 unspecified atom stereocenters. The van der Waals surface area contributed by atoms with Gasteiger partial charge in [-0.05, 0) is 50.1 Å². The monoisotopic (exact) mass is 387 g/mol. The summed E-state index contributed by atoms with van der Waals surface area (Å²) >= 11 is 0. The van der Waals surface area contributed by atoms with Crippen LogP contribution in [-0.4, -0.2) is 14.1 Å². The van der Waals surface area contributed by atoms with Crippen molar-refractivity contribution in [2.75, 3.05) is 0 Å². The largest absolute Gasteiger partial charge is 0.441 e. The smallest absolute Gasteiger partial charge is 0.320 e. The Labute approximate surface area is 167 Å². The van der Waals surface area contributed by atoms with Crippen molar-refractivity contribution in [2.45, 2.75) is 27.3 Å². The van der Waals surface area contributed by atoms with E-state index in [1.165, 1.54) is 9.13 Å². The fourth-order valence-corrected chi connectivity index (χ4v) is 3.26. The molecule has 6 nitrogen and oxygen atoms in total. The predicted octanol–water partition coefficient (Wildman–Crippen LogP) is 3.63. The van der Waals surface area contributed by atoms with E-state index >= 15 is 0 Å². The van der Waals surface area contributed by atoms with Gasteiger partial charge in [0.05, 0.1) is 12.2 Å². The average molecular weight is 387 g/mol. The Balaban J connectivity index is 1.70. The van der Waals surface area contributed by atoms with Gasteiger partial charge in [0.2, 0.25) is 5.89 Å². The molecule has 2 aromatic carbocycles. The van der Waals surface area contributed by atoms with Crippen LogP contribution in [0, 0.1) is 20.8 Å². The molecule has 0 bridgehead atoms. The van der Waals surface area contributed by atoms with Crippen LogP contribution >= 0.6 is 0 Å². The number of rotatable bonds is 4. The molecule has 6 heteroatoms. The summed E-state index contributed by atoms with van der Waals surface area (Å²) in [6, 6.07) is 15.2. The molecule has 0 spiro atoms. The number of benzene rings is 2. The van der Waals surface area contributed by atoms with Crippen molar-refractivity contribution in [3.63, 3.8) is 0 Å². The minimum Gasteiger partial charge on any atom is -0.441 e. The summed E-state index contributed by atoms with van der Waals surface area (Å²) in [5.41, 5.74) is 3.03. The first kappa shape index (κ1) is 18.7. The molecule has 0 aliphatic heterocycles. The molecular weight excluding hydrogens is 366 g/mol. The van der Waals surface area contributed by atoms with Gasteiger partial charge in [-0.2, -0.15) is 0 Å². The number of oxazole rings is 1. The molecule has 0 fully saturated rings. The van der Waals surface area contributed by atoms with E-state index in [-0.39, 0.29) is 6.54 Å².